The van der Waals surface area contributed by atoms with E-state index in [0.717, 1.165) is 6.42 Å². The summed E-state index contributed by atoms with van der Waals surface area (Å²) in [7, 11) is 0. The van der Waals surface area contributed by atoms with Crippen molar-refractivity contribution in [3.05, 3.63) is 24.0 Å². The van der Waals surface area contributed by atoms with Gasteiger partial charge in [-0.1, -0.05) is 0 Å². The summed E-state index contributed by atoms with van der Waals surface area (Å²) in [6, 6.07) is 2.79. The number of amides is 1. The lowest BCUT2D eigenvalue weighted by molar-refractivity contribution is 0.0753. The number of alkyl halides is 2. The minimum atomic E-state index is -2.57. The first kappa shape index (κ1) is 15.6. The first-order chi connectivity index (χ1) is 9.97. The number of rotatable bonds is 5. The Kier molecular flexibility index (Phi) is 5.06. The lowest BCUT2D eigenvalue weighted by Gasteiger charge is -2.17. The minimum absolute atomic E-state index is 0.0622. The summed E-state index contributed by atoms with van der Waals surface area (Å²) in [5.74, 6) is -0.0206. The van der Waals surface area contributed by atoms with Crippen molar-refractivity contribution in [3.63, 3.8) is 0 Å². The zero-order chi connectivity index (χ0) is 15.4. The Balaban J connectivity index is 2.01. The van der Waals surface area contributed by atoms with E-state index in [1.165, 1.54) is 18.3 Å². The second-order valence-corrected chi connectivity index (χ2v) is 5.12. The average Bonchev–Trinajstić information content (AvgIpc) is 2.94. The minimum Gasteiger partial charge on any atom is -0.488 e. The van der Waals surface area contributed by atoms with Crippen molar-refractivity contribution >= 4 is 5.91 Å². The third-order valence-corrected chi connectivity index (χ3v) is 3.52. The Labute approximate surface area is 121 Å². The molecule has 0 bridgehead atoms. The number of hydrogen-bond donors (Lipinski definition) is 1. The third-order valence-electron chi connectivity index (χ3n) is 3.52. The molecule has 21 heavy (non-hydrogen) atoms. The van der Waals surface area contributed by atoms with Gasteiger partial charge in [0.2, 0.25) is 0 Å². The monoisotopic (exact) mass is 300 g/mol. The van der Waals surface area contributed by atoms with Gasteiger partial charge in [-0.3, -0.25) is 9.78 Å². The molecule has 116 valence electrons. The summed E-state index contributed by atoms with van der Waals surface area (Å²) in [4.78, 5) is 17.9. The molecular weight excluding hydrogens is 282 g/mol. The van der Waals surface area contributed by atoms with Gasteiger partial charge in [-0.25, -0.2) is 8.78 Å². The average molecular weight is 300 g/mol. The normalized spacial score (nSPS) is 19.9. The lowest BCUT2D eigenvalue weighted by Crippen LogP contribution is -2.31. The van der Waals surface area contributed by atoms with Gasteiger partial charge in [-0.2, -0.15) is 0 Å². The van der Waals surface area contributed by atoms with Crippen LogP contribution >= 0.6 is 0 Å². The van der Waals surface area contributed by atoms with Gasteiger partial charge in [0.1, 0.15) is 18.1 Å². The largest absolute Gasteiger partial charge is 0.488 e. The lowest BCUT2D eigenvalue weighted by atomic mass is 10.0. The SMILES string of the molecule is CC(O)C1CCN(C(=O)c2cc(OCC(F)F)ccn2)C1. The third kappa shape index (κ3) is 4.10. The number of halogens is 2. The van der Waals surface area contributed by atoms with Crippen LogP contribution in [0, 0.1) is 5.92 Å². The number of hydrogen-bond acceptors (Lipinski definition) is 4. The van der Waals surface area contributed by atoms with Crippen molar-refractivity contribution in [3.8, 4) is 5.75 Å². The highest BCUT2D eigenvalue weighted by Gasteiger charge is 2.30. The van der Waals surface area contributed by atoms with E-state index in [9.17, 15) is 18.7 Å². The van der Waals surface area contributed by atoms with Crippen molar-refractivity contribution in [2.75, 3.05) is 19.7 Å². The van der Waals surface area contributed by atoms with Crippen LogP contribution in [-0.2, 0) is 0 Å². The van der Waals surface area contributed by atoms with Gasteiger partial charge in [-0.15, -0.1) is 0 Å². The van der Waals surface area contributed by atoms with Gasteiger partial charge in [-0.05, 0) is 19.4 Å². The summed E-state index contributed by atoms with van der Waals surface area (Å²) < 4.78 is 29.1. The molecular formula is C14H18F2N2O3. The topological polar surface area (TPSA) is 62.7 Å². The van der Waals surface area contributed by atoms with Crippen molar-refractivity contribution in [1.82, 2.24) is 9.88 Å². The number of carbonyl (C=O) groups is 1. The summed E-state index contributed by atoms with van der Waals surface area (Å²) in [5, 5.41) is 9.54. The number of aliphatic hydroxyl groups excluding tert-OH is 1. The van der Waals surface area contributed by atoms with Crippen LogP contribution in [0.2, 0.25) is 0 Å². The molecule has 2 unspecified atom stereocenters. The fraction of sp³-hybridized carbons (Fsp3) is 0.571. The van der Waals surface area contributed by atoms with Gasteiger partial charge in [0.25, 0.3) is 12.3 Å². The molecule has 1 amide bonds. The van der Waals surface area contributed by atoms with Gasteiger partial charge in [0, 0.05) is 31.3 Å². The molecule has 1 N–H and O–H groups in total. The van der Waals surface area contributed by atoms with Crippen LogP contribution in [0.15, 0.2) is 18.3 Å². The van der Waals surface area contributed by atoms with Crippen molar-refractivity contribution < 1.29 is 23.4 Å². The first-order valence-corrected chi connectivity index (χ1v) is 6.81. The number of aromatic nitrogens is 1. The molecule has 2 heterocycles. The Morgan fingerprint density at radius 3 is 3.00 bits per heavy atom. The smallest absolute Gasteiger partial charge is 0.272 e. The van der Waals surface area contributed by atoms with Crippen LogP contribution in [-0.4, -0.2) is 53.1 Å². The summed E-state index contributed by atoms with van der Waals surface area (Å²) in [6.45, 7) is 2.01. The molecule has 2 rings (SSSR count). The Morgan fingerprint density at radius 2 is 2.38 bits per heavy atom. The summed E-state index contributed by atoms with van der Waals surface area (Å²) in [6.07, 6.45) is -0.930. The van der Waals surface area contributed by atoms with Gasteiger partial charge in [0.15, 0.2) is 0 Å². The molecule has 0 aromatic carbocycles. The fourth-order valence-electron chi connectivity index (χ4n) is 2.30. The van der Waals surface area contributed by atoms with Crippen molar-refractivity contribution in [2.45, 2.75) is 25.9 Å². The molecule has 0 spiro atoms. The predicted octanol–water partition coefficient (Wildman–Crippen LogP) is 1.57. The zero-order valence-corrected chi connectivity index (χ0v) is 11.7. The molecule has 1 fully saturated rings. The molecule has 1 aromatic rings. The van der Waals surface area contributed by atoms with E-state index in [4.69, 9.17) is 4.74 Å². The van der Waals surface area contributed by atoms with Crippen molar-refractivity contribution in [1.29, 1.82) is 0 Å². The van der Waals surface area contributed by atoms with Gasteiger partial charge < -0.3 is 14.7 Å². The molecule has 0 radical (unpaired) electrons. The van der Waals surface area contributed by atoms with Crippen LogP contribution in [0.25, 0.3) is 0 Å². The number of aliphatic hydroxyl groups is 1. The maximum Gasteiger partial charge on any atom is 0.272 e. The van der Waals surface area contributed by atoms with E-state index >= 15 is 0 Å². The highest BCUT2D eigenvalue weighted by Crippen LogP contribution is 2.22. The Morgan fingerprint density at radius 1 is 1.62 bits per heavy atom. The van der Waals surface area contributed by atoms with E-state index in [0.29, 0.717) is 13.1 Å². The Hall–Kier alpha value is -1.76. The van der Waals surface area contributed by atoms with E-state index in [2.05, 4.69) is 4.98 Å². The molecule has 1 aromatic heterocycles. The fourth-order valence-corrected chi connectivity index (χ4v) is 2.30. The molecule has 0 aliphatic carbocycles. The predicted molar refractivity (Wildman–Crippen MR) is 71.4 cm³/mol. The van der Waals surface area contributed by atoms with E-state index in [1.54, 1.807) is 11.8 Å². The van der Waals surface area contributed by atoms with Crippen LogP contribution in [0.1, 0.15) is 23.8 Å². The number of ether oxygens (including phenoxy) is 1. The molecule has 0 saturated carbocycles. The van der Waals surface area contributed by atoms with Crippen LogP contribution in [0.5, 0.6) is 5.75 Å². The summed E-state index contributed by atoms with van der Waals surface area (Å²) in [5.41, 5.74) is 0.160. The number of pyridine rings is 1. The first-order valence-electron chi connectivity index (χ1n) is 6.81. The molecule has 5 nitrogen and oxygen atoms in total. The molecule has 1 aliphatic rings. The van der Waals surface area contributed by atoms with Crippen LogP contribution < -0.4 is 4.74 Å². The van der Waals surface area contributed by atoms with Crippen molar-refractivity contribution in [2.24, 2.45) is 5.92 Å². The second-order valence-electron chi connectivity index (χ2n) is 5.12. The van der Waals surface area contributed by atoms with Crippen LogP contribution in [0.4, 0.5) is 8.78 Å². The number of nitrogens with zero attached hydrogens (tertiary/aromatic N) is 2. The highest BCUT2D eigenvalue weighted by atomic mass is 19.3. The van der Waals surface area contributed by atoms with E-state index in [1.807, 2.05) is 0 Å². The Bertz CT molecular complexity index is 497. The maximum atomic E-state index is 12.3. The summed E-state index contributed by atoms with van der Waals surface area (Å²) >= 11 is 0. The standard InChI is InChI=1S/C14H18F2N2O3/c1-9(19)10-3-5-18(7-10)14(20)12-6-11(2-4-17-12)21-8-13(15)16/h2,4,6,9-10,13,19H,3,5,7-8H2,1H3. The molecule has 2 atom stereocenters. The number of carbonyl (C=O) groups excluding carboxylic acids is 1. The highest BCUT2D eigenvalue weighted by molar-refractivity contribution is 5.92. The van der Waals surface area contributed by atoms with Crippen LogP contribution in [0.3, 0.4) is 0 Å². The number of likely N-dealkylation sites (tertiary alicyclic amines) is 1. The van der Waals surface area contributed by atoms with Gasteiger partial charge >= 0.3 is 0 Å². The van der Waals surface area contributed by atoms with E-state index in [-0.39, 0.29) is 23.3 Å². The quantitative estimate of drug-likeness (QED) is 0.896. The maximum absolute atomic E-state index is 12.3. The second kappa shape index (κ2) is 6.80. The zero-order valence-electron chi connectivity index (χ0n) is 11.7. The molecule has 1 aliphatic heterocycles. The van der Waals surface area contributed by atoms with E-state index < -0.39 is 19.1 Å². The molecule has 7 heteroatoms. The molecule has 1 saturated heterocycles. The van der Waals surface area contributed by atoms with Gasteiger partial charge in [0.05, 0.1) is 6.10 Å².